The van der Waals surface area contributed by atoms with Gasteiger partial charge in [-0.05, 0) is 58.7 Å². The fraction of sp³-hybridized carbons (Fsp3) is 0.0714. The molecule has 0 saturated heterocycles. The van der Waals surface area contributed by atoms with E-state index in [9.17, 15) is 22.6 Å². The van der Waals surface area contributed by atoms with E-state index in [4.69, 9.17) is 9.47 Å². The van der Waals surface area contributed by atoms with Gasteiger partial charge in [0.25, 0.3) is 0 Å². The van der Waals surface area contributed by atoms with Crippen LogP contribution in [0.3, 0.4) is 0 Å². The van der Waals surface area contributed by atoms with E-state index in [1.165, 1.54) is 38.5 Å². The van der Waals surface area contributed by atoms with Gasteiger partial charge in [0.1, 0.15) is 10.1 Å². The molecule has 0 unspecified atom stereocenters. The van der Waals surface area contributed by atoms with Crippen LogP contribution in [0.15, 0.2) is 95.9 Å². The number of rotatable bonds is 6. The molecular formula is C28H21O7S-. The zero-order valence-corrected chi connectivity index (χ0v) is 20.2. The molecule has 0 saturated carbocycles. The highest BCUT2D eigenvalue weighted by Crippen LogP contribution is 2.40. The molecule has 0 heterocycles. The van der Waals surface area contributed by atoms with Crippen LogP contribution in [0.5, 0.6) is 0 Å². The van der Waals surface area contributed by atoms with E-state index in [0.29, 0.717) is 16.7 Å². The van der Waals surface area contributed by atoms with Gasteiger partial charge < -0.3 is 14.0 Å². The zero-order chi connectivity index (χ0) is 25.9. The first-order valence-corrected chi connectivity index (χ1v) is 12.2. The van der Waals surface area contributed by atoms with Crippen LogP contribution in [0.1, 0.15) is 20.7 Å². The standard InChI is InChI=1S/C28H22O7S/c1-34-27(29)21-12-8-19(9-13-21)24-16-23(18-6-4-3-5-7-18)17-25(26(24)36(31,32)33)20-10-14-22(15-11-20)28(30)35-2/h3-17H,1-2H3,(H,31,32,33)/p-1. The fourth-order valence-electron chi connectivity index (χ4n) is 3.93. The third-order valence-corrected chi connectivity index (χ3v) is 6.62. The minimum Gasteiger partial charge on any atom is -0.744 e. The molecule has 0 N–H and O–H groups in total. The number of hydrogen-bond acceptors (Lipinski definition) is 7. The Morgan fingerprint density at radius 1 is 0.611 bits per heavy atom. The molecule has 4 aromatic rings. The van der Waals surface area contributed by atoms with Crippen LogP contribution < -0.4 is 0 Å². The summed E-state index contributed by atoms with van der Waals surface area (Å²) in [4.78, 5) is 23.3. The molecule has 8 heteroatoms. The molecule has 0 aliphatic heterocycles. The van der Waals surface area contributed by atoms with Crippen molar-refractivity contribution in [3.63, 3.8) is 0 Å². The van der Waals surface area contributed by atoms with Crippen LogP contribution in [0.4, 0.5) is 0 Å². The number of carbonyl (C=O) groups is 2. The molecule has 0 aliphatic carbocycles. The number of hydrogen-bond donors (Lipinski definition) is 0. The molecular weight excluding hydrogens is 480 g/mol. The van der Waals surface area contributed by atoms with Gasteiger partial charge in [-0.25, -0.2) is 18.0 Å². The highest BCUT2D eigenvalue weighted by atomic mass is 32.2. The van der Waals surface area contributed by atoms with Crippen molar-refractivity contribution in [1.82, 2.24) is 0 Å². The summed E-state index contributed by atoms with van der Waals surface area (Å²) in [6, 6.07) is 24.8. The Morgan fingerprint density at radius 3 is 1.39 bits per heavy atom. The number of esters is 2. The summed E-state index contributed by atoms with van der Waals surface area (Å²) >= 11 is 0. The van der Waals surface area contributed by atoms with Crippen molar-refractivity contribution < 1.29 is 32.0 Å². The fourth-order valence-corrected chi connectivity index (χ4v) is 4.82. The molecule has 0 amide bonds. The molecule has 0 fully saturated rings. The van der Waals surface area contributed by atoms with Crippen molar-refractivity contribution >= 4 is 22.1 Å². The average molecular weight is 502 g/mol. The zero-order valence-electron chi connectivity index (χ0n) is 19.4. The lowest BCUT2D eigenvalue weighted by Crippen LogP contribution is -2.06. The van der Waals surface area contributed by atoms with Crippen molar-refractivity contribution in [3.8, 4) is 33.4 Å². The first-order valence-electron chi connectivity index (χ1n) is 10.8. The van der Waals surface area contributed by atoms with Crippen molar-refractivity contribution in [2.24, 2.45) is 0 Å². The maximum Gasteiger partial charge on any atom is 0.337 e. The minimum atomic E-state index is -4.95. The molecule has 4 rings (SSSR count). The van der Waals surface area contributed by atoms with Gasteiger partial charge >= 0.3 is 11.9 Å². The van der Waals surface area contributed by atoms with Crippen LogP contribution in [0.2, 0.25) is 0 Å². The molecule has 0 spiro atoms. The Bertz CT molecular complexity index is 1440. The molecule has 0 aliphatic rings. The van der Waals surface area contributed by atoms with Gasteiger partial charge in [0, 0.05) is 11.1 Å². The number of benzene rings is 4. The van der Waals surface area contributed by atoms with Crippen LogP contribution in [0, 0.1) is 0 Å². The van der Waals surface area contributed by atoms with Crippen molar-refractivity contribution in [2.75, 3.05) is 14.2 Å². The smallest absolute Gasteiger partial charge is 0.337 e. The van der Waals surface area contributed by atoms with E-state index in [1.807, 2.05) is 30.3 Å². The summed E-state index contributed by atoms with van der Waals surface area (Å²) in [7, 11) is -2.43. The predicted molar refractivity (Wildman–Crippen MR) is 133 cm³/mol. The van der Waals surface area contributed by atoms with Gasteiger partial charge in [0.2, 0.25) is 0 Å². The van der Waals surface area contributed by atoms with Crippen LogP contribution >= 0.6 is 0 Å². The Balaban J connectivity index is 2.01. The van der Waals surface area contributed by atoms with E-state index in [0.717, 1.165) is 5.56 Å². The van der Waals surface area contributed by atoms with E-state index in [-0.39, 0.29) is 22.3 Å². The van der Waals surface area contributed by atoms with E-state index >= 15 is 0 Å². The highest BCUT2D eigenvalue weighted by Gasteiger charge is 2.21. The molecule has 7 nitrogen and oxygen atoms in total. The Labute approximate surface area is 208 Å². The van der Waals surface area contributed by atoms with E-state index in [1.54, 1.807) is 36.4 Å². The number of methoxy groups -OCH3 is 2. The van der Waals surface area contributed by atoms with Gasteiger partial charge in [-0.3, -0.25) is 0 Å². The third kappa shape index (κ3) is 5.05. The lowest BCUT2D eigenvalue weighted by atomic mass is 9.92. The van der Waals surface area contributed by atoms with Gasteiger partial charge in [-0.1, -0.05) is 54.6 Å². The molecule has 0 bridgehead atoms. The van der Waals surface area contributed by atoms with Crippen LogP contribution in [-0.4, -0.2) is 39.1 Å². The first-order chi connectivity index (χ1) is 17.2. The van der Waals surface area contributed by atoms with Gasteiger partial charge in [-0.15, -0.1) is 0 Å². The monoisotopic (exact) mass is 501 g/mol. The Morgan fingerprint density at radius 2 is 1.03 bits per heavy atom. The summed E-state index contributed by atoms with van der Waals surface area (Å²) in [5, 5.41) is 0. The van der Waals surface area contributed by atoms with Gasteiger partial charge in [0.05, 0.1) is 30.2 Å². The lowest BCUT2D eigenvalue weighted by molar-refractivity contribution is 0.0592. The third-order valence-electron chi connectivity index (χ3n) is 5.68. The van der Waals surface area contributed by atoms with Crippen molar-refractivity contribution in [2.45, 2.75) is 4.90 Å². The second kappa shape index (κ2) is 10.2. The topological polar surface area (TPSA) is 110 Å². The van der Waals surface area contributed by atoms with E-state index < -0.39 is 27.0 Å². The molecule has 36 heavy (non-hydrogen) atoms. The SMILES string of the molecule is COC(=O)c1ccc(-c2cc(-c3ccccc3)cc(-c3ccc(C(=O)OC)cc3)c2S(=O)(=O)[O-])cc1. The van der Waals surface area contributed by atoms with Crippen LogP contribution in [0.25, 0.3) is 33.4 Å². The quantitative estimate of drug-likeness (QED) is 0.265. The van der Waals surface area contributed by atoms with E-state index in [2.05, 4.69) is 0 Å². The number of ether oxygens (including phenoxy) is 2. The molecule has 4 aromatic carbocycles. The second-order valence-electron chi connectivity index (χ2n) is 7.86. The van der Waals surface area contributed by atoms with Gasteiger partial charge in [0.15, 0.2) is 0 Å². The molecule has 0 radical (unpaired) electrons. The molecule has 182 valence electrons. The lowest BCUT2D eigenvalue weighted by Gasteiger charge is -2.20. The number of carbonyl (C=O) groups excluding carboxylic acids is 2. The normalized spacial score (nSPS) is 11.1. The highest BCUT2D eigenvalue weighted by molar-refractivity contribution is 7.86. The minimum absolute atomic E-state index is 0.190. The molecule has 0 aromatic heterocycles. The Kier molecular flexibility index (Phi) is 7.00. The van der Waals surface area contributed by atoms with Crippen molar-refractivity contribution in [1.29, 1.82) is 0 Å². The van der Waals surface area contributed by atoms with Gasteiger partial charge in [-0.2, -0.15) is 0 Å². The summed E-state index contributed by atoms with van der Waals surface area (Å²) in [5.74, 6) is -1.08. The summed E-state index contributed by atoms with van der Waals surface area (Å²) in [5.41, 5.74) is 3.31. The largest absolute Gasteiger partial charge is 0.744 e. The summed E-state index contributed by atoms with van der Waals surface area (Å²) in [6.45, 7) is 0. The van der Waals surface area contributed by atoms with Crippen LogP contribution in [-0.2, 0) is 19.6 Å². The average Bonchev–Trinajstić information content (AvgIpc) is 2.91. The maximum atomic E-state index is 12.6. The first kappa shape index (κ1) is 24.8. The molecule has 0 atom stereocenters. The van der Waals surface area contributed by atoms with Crippen molar-refractivity contribution in [3.05, 3.63) is 102 Å². The maximum absolute atomic E-state index is 12.6. The second-order valence-corrected chi connectivity index (χ2v) is 9.18. The summed E-state index contributed by atoms with van der Waals surface area (Å²) in [6.07, 6.45) is 0. The predicted octanol–water partition coefficient (Wildman–Crippen LogP) is 5.16. The Hall–Kier alpha value is -4.27. The summed E-state index contributed by atoms with van der Waals surface area (Å²) < 4.78 is 47.3.